The molecule has 0 atom stereocenters. The third-order valence-corrected chi connectivity index (χ3v) is 8.70. The summed E-state index contributed by atoms with van der Waals surface area (Å²) in [6.45, 7) is 10.1. The van der Waals surface area contributed by atoms with E-state index in [0.717, 1.165) is 62.5 Å². The van der Waals surface area contributed by atoms with Gasteiger partial charge in [0.15, 0.2) is 0 Å². The molecule has 2 fully saturated rings. The number of aliphatic imine (C=N–C) groups is 1. The molecule has 180 valence electrons. The van der Waals surface area contributed by atoms with Crippen LogP contribution in [0.25, 0.3) is 0 Å². The van der Waals surface area contributed by atoms with Crippen LogP contribution in [0.3, 0.4) is 0 Å². The predicted molar refractivity (Wildman–Crippen MR) is 136 cm³/mol. The highest BCUT2D eigenvalue weighted by molar-refractivity contribution is 7.97. The molecule has 0 radical (unpaired) electrons. The second-order valence-corrected chi connectivity index (χ2v) is 11.9. The molecule has 2 heterocycles. The summed E-state index contributed by atoms with van der Waals surface area (Å²) in [5.74, 6) is 2.48. The van der Waals surface area contributed by atoms with Crippen LogP contribution in [0.5, 0.6) is 0 Å². The molecule has 1 aromatic rings. The molecule has 0 aromatic heterocycles. The minimum atomic E-state index is -0.532. The lowest BCUT2D eigenvalue weighted by Crippen LogP contribution is -2.47. The summed E-state index contributed by atoms with van der Waals surface area (Å²) in [5.41, 5.74) is 3.26. The van der Waals surface area contributed by atoms with Gasteiger partial charge >= 0.3 is 0 Å². The van der Waals surface area contributed by atoms with Crippen molar-refractivity contribution in [3.8, 4) is 0 Å². The zero-order valence-electron chi connectivity index (χ0n) is 20.5. The fraction of sp³-hybridized carbons (Fsp3) is 0.654. The van der Waals surface area contributed by atoms with Crippen molar-refractivity contribution in [1.82, 2.24) is 9.62 Å². The number of hydrogen-bond acceptors (Lipinski definition) is 5. The molecule has 1 aromatic carbocycles. The zero-order chi connectivity index (χ0) is 23.6. The largest absolute Gasteiger partial charge is 0.326 e. The Labute approximate surface area is 202 Å². The van der Waals surface area contributed by atoms with Gasteiger partial charge in [-0.2, -0.15) is 0 Å². The van der Waals surface area contributed by atoms with E-state index in [1.54, 1.807) is 0 Å². The number of benzene rings is 1. The molecule has 7 heteroatoms. The number of piperidine rings is 1. The van der Waals surface area contributed by atoms with E-state index in [0.29, 0.717) is 11.3 Å². The van der Waals surface area contributed by atoms with Crippen molar-refractivity contribution in [1.29, 1.82) is 0 Å². The normalized spacial score (nSPS) is 22.8. The molecule has 1 saturated carbocycles. The van der Waals surface area contributed by atoms with E-state index in [1.807, 2.05) is 24.1 Å². The van der Waals surface area contributed by atoms with Crippen LogP contribution in [0, 0.1) is 18.3 Å². The highest BCUT2D eigenvalue weighted by Gasteiger charge is 2.47. The number of carbonyl (C=O) groups excluding carboxylic acids is 2. The Hall–Kier alpha value is -1.86. The summed E-state index contributed by atoms with van der Waals surface area (Å²) >= 11 is 1.87. The minimum absolute atomic E-state index is 0.0457. The summed E-state index contributed by atoms with van der Waals surface area (Å²) in [4.78, 5) is 29.2. The Bertz CT molecular complexity index is 924. The van der Waals surface area contributed by atoms with Gasteiger partial charge < -0.3 is 10.6 Å². The van der Waals surface area contributed by atoms with Crippen LogP contribution < -0.4 is 10.6 Å². The van der Waals surface area contributed by atoms with Crippen molar-refractivity contribution in [3.05, 3.63) is 29.3 Å². The number of hydrogen-bond donors (Lipinski definition) is 2. The van der Waals surface area contributed by atoms with E-state index in [4.69, 9.17) is 4.99 Å². The third kappa shape index (κ3) is 5.80. The van der Waals surface area contributed by atoms with Crippen LogP contribution in [0.2, 0.25) is 0 Å². The van der Waals surface area contributed by atoms with E-state index in [9.17, 15) is 9.59 Å². The molecule has 3 aliphatic rings. The summed E-state index contributed by atoms with van der Waals surface area (Å²) in [5, 5.41) is 6.01. The topological polar surface area (TPSA) is 73.8 Å². The maximum absolute atomic E-state index is 12.9. The zero-order valence-corrected chi connectivity index (χ0v) is 21.3. The maximum Gasteiger partial charge on any atom is 0.253 e. The minimum Gasteiger partial charge on any atom is -0.326 e. The van der Waals surface area contributed by atoms with Crippen molar-refractivity contribution in [2.24, 2.45) is 16.3 Å². The van der Waals surface area contributed by atoms with Crippen LogP contribution in [-0.2, 0) is 16.0 Å². The molecule has 0 unspecified atom stereocenters. The number of aryl methyl sites for hydroxylation is 2. The second kappa shape index (κ2) is 9.79. The van der Waals surface area contributed by atoms with Crippen molar-refractivity contribution in [3.63, 3.8) is 0 Å². The van der Waals surface area contributed by atoms with Gasteiger partial charge in [0.05, 0.1) is 0 Å². The lowest BCUT2D eigenvalue weighted by atomic mass is 9.73. The van der Waals surface area contributed by atoms with Crippen LogP contribution in [-0.4, -0.2) is 46.3 Å². The fourth-order valence-electron chi connectivity index (χ4n) is 5.27. The fourth-order valence-corrected chi connectivity index (χ4v) is 6.28. The molecule has 2 amide bonds. The third-order valence-electron chi connectivity index (χ3n) is 7.58. The molecule has 1 spiro atoms. The van der Waals surface area contributed by atoms with E-state index >= 15 is 0 Å². The Morgan fingerprint density at radius 3 is 2.55 bits per heavy atom. The predicted octanol–water partition coefficient (Wildman–Crippen LogP) is 4.72. The van der Waals surface area contributed by atoms with Crippen molar-refractivity contribution >= 4 is 35.3 Å². The van der Waals surface area contributed by atoms with Gasteiger partial charge in [0, 0.05) is 37.4 Å². The van der Waals surface area contributed by atoms with Crippen molar-refractivity contribution in [2.45, 2.75) is 78.2 Å². The van der Waals surface area contributed by atoms with E-state index in [-0.39, 0.29) is 11.8 Å². The van der Waals surface area contributed by atoms with Gasteiger partial charge in [0.1, 0.15) is 11.4 Å². The number of carbonyl (C=O) groups is 2. The number of nitrogens with zero attached hydrogens (tertiary/aromatic N) is 2. The van der Waals surface area contributed by atoms with Gasteiger partial charge in [-0.3, -0.25) is 18.9 Å². The summed E-state index contributed by atoms with van der Waals surface area (Å²) in [7, 11) is 0. The molecular weight excluding hydrogens is 432 g/mol. The highest BCUT2D eigenvalue weighted by atomic mass is 32.2. The molecule has 0 bridgehead atoms. The summed E-state index contributed by atoms with van der Waals surface area (Å²) < 4.78 is 2.40. The van der Waals surface area contributed by atoms with Gasteiger partial charge in [-0.1, -0.05) is 31.9 Å². The first-order valence-electron chi connectivity index (χ1n) is 12.3. The Morgan fingerprint density at radius 2 is 1.91 bits per heavy atom. The van der Waals surface area contributed by atoms with Crippen LogP contribution in [0.15, 0.2) is 23.2 Å². The quantitative estimate of drug-likeness (QED) is 0.590. The number of anilines is 1. The van der Waals surface area contributed by atoms with E-state index in [1.165, 1.54) is 30.9 Å². The second-order valence-electron chi connectivity index (χ2n) is 10.8. The molecule has 1 saturated heterocycles. The van der Waals surface area contributed by atoms with Crippen LogP contribution in [0.4, 0.5) is 5.69 Å². The van der Waals surface area contributed by atoms with Crippen molar-refractivity contribution < 1.29 is 9.59 Å². The number of amides is 2. The Balaban J connectivity index is 1.25. The SMILES string of the molecule is CC(=O)Nc1ccc(CCSN2CCC3(CC2)N=C(C2CCC(C)(C)CC2)NC3=O)c(C)c1. The molecule has 2 N–H and O–H groups in total. The molecule has 2 aliphatic heterocycles. The number of rotatable bonds is 6. The highest BCUT2D eigenvalue weighted by Crippen LogP contribution is 2.40. The lowest BCUT2D eigenvalue weighted by molar-refractivity contribution is -0.125. The monoisotopic (exact) mass is 470 g/mol. The van der Waals surface area contributed by atoms with Crippen LogP contribution >= 0.6 is 11.9 Å². The average molecular weight is 471 g/mol. The van der Waals surface area contributed by atoms with E-state index < -0.39 is 5.54 Å². The Kier molecular flexibility index (Phi) is 7.20. The molecule has 1 aliphatic carbocycles. The first-order valence-corrected chi connectivity index (χ1v) is 13.3. The van der Waals surface area contributed by atoms with Gasteiger partial charge in [-0.05, 0) is 80.5 Å². The summed E-state index contributed by atoms with van der Waals surface area (Å²) in [6, 6.07) is 6.12. The lowest BCUT2D eigenvalue weighted by Gasteiger charge is -2.35. The smallest absolute Gasteiger partial charge is 0.253 e. The average Bonchev–Trinajstić information content (AvgIpc) is 3.06. The molecule has 33 heavy (non-hydrogen) atoms. The van der Waals surface area contributed by atoms with Gasteiger partial charge in [-0.15, -0.1) is 0 Å². The van der Waals surface area contributed by atoms with E-state index in [2.05, 4.69) is 41.8 Å². The molecule has 6 nitrogen and oxygen atoms in total. The Morgan fingerprint density at radius 1 is 1.21 bits per heavy atom. The standard InChI is InChI=1S/C26H38N4O2S/c1-18-17-22(27-19(2)31)6-5-20(18)9-16-33-30-14-12-26(13-15-30)24(32)28-23(29-26)21-7-10-25(3,4)11-8-21/h5-6,17,21H,7-16H2,1-4H3,(H,27,31)(H,28,29,32). The van der Waals surface area contributed by atoms with Crippen molar-refractivity contribution in [2.75, 3.05) is 24.2 Å². The number of nitrogens with one attached hydrogen (secondary N) is 2. The van der Waals surface area contributed by atoms with Gasteiger partial charge in [-0.25, -0.2) is 0 Å². The summed E-state index contributed by atoms with van der Waals surface area (Å²) in [6.07, 6.45) is 7.28. The molecular formula is C26H38N4O2S. The van der Waals surface area contributed by atoms with Crippen LogP contribution in [0.1, 0.15) is 70.4 Å². The number of amidine groups is 1. The van der Waals surface area contributed by atoms with Gasteiger partial charge in [0.2, 0.25) is 5.91 Å². The molecule has 4 rings (SSSR count). The maximum atomic E-state index is 12.9. The van der Waals surface area contributed by atoms with Gasteiger partial charge in [0.25, 0.3) is 5.91 Å². The first kappa shape index (κ1) is 24.3. The first-order chi connectivity index (χ1) is 15.7.